The molecule has 5 heteroatoms. The average Bonchev–Trinajstić information content (AvgIpc) is 2.64. The molecule has 1 aliphatic heterocycles. The van der Waals surface area contributed by atoms with Crippen molar-refractivity contribution in [2.45, 2.75) is 12.5 Å². The molecule has 3 nitrogen and oxygen atoms in total. The first-order valence-electron chi connectivity index (χ1n) is 8.25. The Morgan fingerprint density at radius 1 is 1.16 bits per heavy atom. The van der Waals surface area contributed by atoms with Gasteiger partial charge in [-0.1, -0.05) is 18.2 Å². The van der Waals surface area contributed by atoms with E-state index < -0.39 is 17.7 Å². The number of rotatable bonds is 5. The van der Waals surface area contributed by atoms with Crippen LogP contribution < -0.4 is 4.74 Å². The monoisotopic (exact) mass is 345 g/mol. The van der Waals surface area contributed by atoms with Gasteiger partial charge in [0.1, 0.15) is 17.4 Å². The van der Waals surface area contributed by atoms with Crippen LogP contribution in [0, 0.1) is 11.6 Å². The summed E-state index contributed by atoms with van der Waals surface area (Å²) in [6, 6.07) is 11.1. The third-order valence-electron chi connectivity index (χ3n) is 4.50. The fourth-order valence-electron chi connectivity index (χ4n) is 3.06. The van der Waals surface area contributed by atoms with E-state index in [0.29, 0.717) is 6.54 Å². The molecule has 1 aliphatic rings. The van der Waals surface area contributed by atoms with Crippen molar-refractivity contribution in [1.82, 2.24) is 4.90 Å². The predicted molar refractivity (Wildman–Crippen MR) is 93.3 cm³/mol. The van der Waals surface area contributed by atoms with Gasteiger partial charge in [-0.2, -0.15) is 0 Å². The molecule has 0 spiro atoms. The second-order valence-electron chi connectivity index (χ2n) is 6.15. The molecule has 2 aromatic carbocycles. The summed E-state index contributed by atoms with van der Waals surface area (Å²) in [5, 5.41) is 10.2. The van der Waals surface area contributed by atoms with Crippen molar-refractivity contribution in [3.8, 4) is 5.75 Å². The summed E-state index contributed by atoms with van der Waals surface area (Å²) in [7, 11) is 1.64. The molecule has 0 saturated heterocycles. The van der Waals surface area contributed by atoms with Crippen LogP contribution in [-0.2, 0) is 0 Å². The number of halogens is 2. The van der Waals surface area contributed by atoms with Crippen molar-refractivity contribution < 1.29 is 18.6 Å². The molecule has 0 aromatic heterocycles. The van der Waals surface area contributed by atoms with Crippen LogP contribution in [0.1, 0.15) is 23.7 Å². The fourth-order valence-corrected chi connectivity index (χ4v) is 3.06. The smallest absolute Gasteiger partial charge is 0.129 e. The van der Waals surface area contributed by atoms with E-state index in [1.807, 2.05) is 29.2 Å². The summed E-state index contributed by atoms with van der Waals surface area (Å²) < 4.78 is 32.2. The molecule has 0 aliphatic carbocycles. The van der Waals surface area contributed by atoms with E-state index in [1.54, 1.807) is 7.11 Å². The van der Waals surface area contributed by atoms with Gasteiger partial charge in [-0.15, -0.1) is 0 Å². The lowest BCUT2D eigenvalue weighted by Gasteiger charge is -2.28. The third-order valence-corrected chi connectivity index (χ3v) is 4.50. The Kier molecular flexibility index (Phi) is 5.46. The number of hydrogen-bond donors (Lipinski definition) is 1. The minimum Gasteiger partial charge on any atom is -0.497 e. The molecule has 1 heterocycles. The Hall–Kier alpha value is -2.24. The standard InChI is InChI=1S/C20H21F2NO2/c1-25-17-5-2-14(3-6-17)15-8-10-23(11-9-15)13-20(24)18-12-16(21)4-7-19(18)22/h2-8,12,20,24H,9-11,13H2,1H3. The van der Waals surface area contributed by atoms with Gasteiger partial charge in [-0.3, -0.25) is 4.90 Å². The first-order valence-corrected chi connectivity index (χ1v) is 8.25. The Morgan fingerprint density at radius 3 is 2.56 bits per heavy atom. The summed E-state index contributed by atoms with van der Waals surface area (Å²) in [4.78, 5) is 2.03. The van der Waals surface area contributed by atoms with Gasteiger partial charge in [0.2, 0.25) is 0 Å². The van der Waals surface area contributed by atoms with Crippen molar-refractivity contribution in [3.63, 3.8) is 0 Å². The highest BCUT2D eigenvalue weighted by atomic mass is 19.1. The van der Waals surface area contributed by atoms with Crippen LogP contribution in [0.15, 0.2) is 48.5 Å². The van der Waals surface area contributed by atoms with Gasteiger partial charge in [0.05, 0.1) is 13.2 Å². The van der Waals surface area contributed by atoms with Crippen molar-refractivity contribution in [3.05, 3.63) is 71.3 Å². The van der Waals surface area contributed by atoms with E-state index in [-0.39, 0.29) is 12.1 Å². The average molecular weight is 345 g/mol. The number of nitrogens with zero attached hydrogens (tertiary/aromatic N) is 1. The third kappa shape index (κ3) is 4.24. The van der Waals surface area contributed by atoms with E-state index in [4.69, 9.17) is 4.74 Å². The zero-order valence-corrected chi connectivity index (χ0v) is 14.1. The highest BCUT2D eigenvalue weighted by Crippen LogP contribution is 2.26. The van der Waals surface area contributed by atoms with Gasteiger partial charge in [0, 0.05) is 25.2 Å². The first kappa shape index (κ1) is 17.6. The molecule has 2 aromatic rings. The molecule has 25 heavy (non-hydrogen) atoms. The minimum absolute atomic E-state index is 0.00457. The number of aliphatic hydroxyl groups is 1. The maximum absolute atomic E-state index is 13.8. The number of ether oxygens (including phenoxy) is 1. The van der Waals surface area contributed by atoms with Crippen LogP contribution in [0.25, 0.3) is 5.57 Å². The molecule has 0 amide bonds. The van der Waals surface area contributed by atoms with Crippen LogP contribution >= 0.6 is 0 Å². The lowest BCUT2D eigenvalue weighted by atomic mass is 9.99. The molecule has 132 valence electrons. The van der Waals surface area contributed by atoms with E-state index in [2.05, 4.69) is 6.08 Å². The quantitative estimate of drug-likeness (QED) is 0.895. The topological polar surface area (TPSA) is 32.7 Å². The SMILES string of the molecule is COc1ccc(C2=CCN(CC(O)c3cc(F)ccc3F)CC2)cc1. The molecule has 0 radical (unpaired) electrons. The Morgan fingerprint density at radius 2 is 1.92 bits per heavy atom. The summed E-state index contributed by atoms with van der Waals surface area (Å²) in [6.07, 6.45) is 1.90. The van der Waals surface area contributed by atoms with Gasteiger partial charge in [0.25, 0.3) is 0 Å². The van der Waals surface area contributed by atoms with Crippen LogP contribution in [-0.4, -0.2) is 36.8 Å². The van der Waals surface area contributed by atoms with E-state index in [1.165, 1.54) is 5.57 Å². The summed E-state index contributed by atoms with van der Waals surface area (Å²) in [6.45, 7) is 1.69. The Bertz CT molecular complexity index is 759. The summed E-state index contributed by atoms with van der Waals surface area (Å²) in [5.74, 6) is -0.307. The second-order valence-corrected chi connectivity index (χ2v) is 6.15. The molecule has 1 N–H and O–H groups in total. The zero-order valence-electron chi connectivity index (χ0n) is 14.1. The largest absolute Gasteiger partial charge is 0.497 e. The molecule has 0 fully saturated rings. The highest BCUT2D eigenvalue weighted by Gasteiger charge is 2.20. The fraction of sp³-hybridized carbons (Fsp3) is 0.300. The van der Waals surface area contributed by atoms with Crippen LogP contribution in [0.3, 0.4) is 0 Å². The normalized spacial score (nSPS) is 16.4. The number of aliphatic hydroxyl groups excluding tert-OH is 1. The van der Waals surface area contributed by atoms with Gasteiger partial charge in [0.15, 0.2) is 0 Å². The van der Waals surface area contributed by atoms with Gasteiger partial charge in [-0.25, -0.2) is 8.78 Å². The van der Waals surface area contributed by atoms with E-state index in [0.717, 1.165) is 42.5 Å². The molecule has 1 atom stereocenters. The molecular formula is C20H21F2NO2. The van der Waals surface area contributed by atoms with Gasteiger partial charge >= 0.3 is 0 Å². The molecule has 0 saturated carbocycles. The predicted octanol–water partition coefficient (Wildman–Crippen LogP) is 3.80. The molecule has 1 unspecified atom stereocenters. The van der Waals surface area contributed by atoms with Crippen LogP contribution in [0.2, 0.25) is 0 Å². The maximum Gasteiger partial charge on any atom is 0.129 e. The summed E-state index contributed by atoms with van der Waals surface area (Å²) >= 11 is 0. The van der Waals surface area contributed by atoms with Gasteiger partial charge < -0.3 is 9.84 Å². The van der Waals surface area contributed by atoms with E-state index in [9.17, 15) is 13.9 Å². The van der Waals surface area contributed by atoms with E-state index >= 15 is 0 Å². The van der Waals surface area contributed by atoms with Crippen LogP contribution in [0.5, 0.6) is 5.75 Å². The number of β-amino-alcohol motifs (C(OH)–C–C–N with tert-alkyl or cyclic N) is 1. The van der Waals surface area contributed by atoms with Crippen LogP contribution in [0.4, 0.5) is 8.78 Å². The Labute approximate surface area is 146 Å². The molecular weight excluding hydrogens is 324 g/mol. The number of hydrogen-bond acceptors (Lipinski definition) is 3. The second kappa shape index (κ2) is 7.76. The van der Waals surface area contributed by atoms with Crippen molar-refractivity contribution in [2.24, 2.45) is 0 Å². The van der Waals surface area contributed by atoms with Crippen molar-refractivity contribution >= 4 is 5.57 Å². The number of benzene rings is 2. The minimum atomic E-state index is -1.05. The van der Waals surface area contributed by atoms with Crippen molar-refractivity contribution in [1.29, 1.82) is 0 Å². The zero-order chi connectivity index (χ0) is 17.8. The maximum atomic E-state index is 13.8. The number of methoxy groups -OCH3 is 1. The molecule has 0 bridgehead atoms. The summed E-state index contributed by atoms with van der Waals surface area (Å²) in [5.41, 5.74) is 2.40. The molecule has 3 rings (SSSR count). The van der Waals surface area contributed by atoms with Crippen molar-refractivity contribution in [2.75, 3.05) is 26.7 Å². The first-order chi connectivity index (χ1) is 12.1. The lowest BCUT2D eigenvalue weighted by molar-refractivity contribution is 0.115. The Balaban J connectivity index is 1.63. The van der Waals surface area contributed by atoms with Gasteiger partial charge in [-0.05, 0) is 47.9 Å². The highest BCUT2D eigenvalue weighted by molar-refractivity contribution is 5.67. The lowest BCUT2D eigenvalue weighted by Crippen LogP contribution is -2.32.